The molecule has 0 aliphatic rings. The fraction of sp³-hybridized carbons (Fsp3) is 0.389. The van der Waals surface area contributed by atoms with Crippen LogP contribution in [-0.2, 0) is 4.74 Å². The van der Waals surface area contributed by atoms with E-state index in [-0.39, 0.29) is 6.04 Å². The van der Waals surface area contributed by atoms with E-state index in [9.17, 15) is 4.79 Å². The standard InChI is InChI=1S/C18H24N2O3/c1-5-15(16-7-6-12-22-16)19-13-8-10-14(11-9-13)20-17(21)23-18(2,3)4/h6-12,15,19H,5H2,1-4H3,(H,20,21). The summed E-state index contributed by atoms with van der Waals surface area (Å²) >= 11 is 0. The van der Waals surface area contributed by atoms with Crippen molar-refractivity contribution in [3.63, 3.8) is 0 Å². The highest BCUT2D eigenvalue weighted by Gasteiger charge is 2.16. The van der Waals surface area contributed by atoms with Crippen molar-refractivity contribution >= 4 is 17.5 Å². The third-order valence-corrected chi connectivity index (χ3v) is 3.17. The Kier molecular flexibility index (Phi) is 5.32. The van der Waals surface area contributed by atoms with Gasteiger partial charge in [0, 0.05) is 11.4 Å². The normalized spacial score (nSPS) is 12.5. The van der Waals surface area contributed by atoms with Gasteiger partial charge in [0.1, 0.15) is 11.4 Å². The van der Waals surface area contributed by atoms with Crippen LogP contribution in [0.5, 0.6) is 0 Å². The molecule has 0 fully saturated rings. The van der Waals surface area contributed by atoms with Gasteiger partial charge in [-0.05, 0) is 63.6 Å². The molecule has 0 bridgehead atoms. The number of ether oxygens (including phenoxy) is 1. The van der Waals surface area contributed by atoms with Crippen LogP contribution in [0.4, 0.5) is 16.2 Å². The van der Waals surface area contributed by atoms with Crippen LogP contribution >= 0.6 is 0 Å². The average Bonchev–Trinajstić information content (AvgIpc) is 2.98. The van der Waals surface area contributed by atoms with Crippen molar-refractivity contribution in [2.45, 2.75) is 45.8 Å². The first kappa shape index (κ1) is 16.9. The maximum atomic E-state index is 11.7. The highest BCUT2D eigenvalue weighted by Crippen LogP contribution is 2.24. The minimum absolute atomic E-state index is 0.120. The lowest BCUT2D eigenvalue weighted by molar-refractivity contribution is 0.0636. The lowest BCUT2D eigenvalue weighted by Crippen LogP contribution is -2.27. The molecule has 0 radical (unpaired) electrons. The van der Waals surface area contributed by atoms with Gasteiger partial charge in [-0.3, -0.25) is 5.32 Å². The van der Waals surface area contributed by atoms with Gasteiger partial charge in [-0.25, -0.2) is 4.79 Å². The Hall–Kier alpha value is -2.43. The number of benzene rings is 1. The van der Waals surface area contributed by atoms with E-state index in [0.717, 1.165) is 17.9 Å². The maximum Gasteiger partial charge on any atom is 0.412 e. The molecule has 1 atom stereocenters. The minimum Gasteiger partial charge on any atom is -0.467 e. The minimum atomic E-state index is -0.511. The SMILES string of the molecule is CCC(Nc1ccc(NC(=O)OC(C)(C)C)cc1)c1ccco1. The Labute approximate surface area is 137 Å². The fourth-order valence-corrected chi connectivity index (χ4v) is 2.14. The van der Waals surface area contributed by atoms with Gasteiger partial charge in [-0.1, -0.05) is 6.92 Å². The summed E-state index contributed by atoms with van der Waals surface area (Å²) in [7, 11) is 0. The largest absolute Gasteiger partial charge is 0.467 e. The molecule has 1 unspecified atom stereocenters. The molecular weight excluding hydrogens is 292 g/mol. The van der Waals surface area contributed by atoms with E-state index < -0.39 is 11.7 Å². The number of anilines is 2. The number of nitrogens with one attached hydrogen (secondary N) is 2. The molecule has 1 aromatic heterocycles. The van der Waals surface area contributed by atoms with E-state index in [1.807, 2.05) is 57.2 Å². The third-order valence-electron chi connectivity index (χ3n) is 3.17. The van der Waals surface area contributed by atoms with Crippen molar-refractivity contribution in [3.05, 3.63) is 48.4 Å². The molecule has 1 aromatic carbocycles. The highest BCUT2D eigenvalue weighted by molar-refractivity contribution is 5.85. The second kappa shape index (κ2) is 7.22. The topological polar surface area (TPSA) is 63.5 Å². The van der Waals surface area contributed by atoms with E-state index in [1.54, 1.807) is 6.26 Å². The number of hydrogen-bond donors (Lipinski definition) is 2. The smallest absolute Gasteiger partial charge is 0.412 e. The van der Waals surface area contributed by atoms with E-state index in [2.05, 4.69) is 17.6 Å². The van der Waals surface area contributed by atoms with Crippen LogP contribution in [0.3, 0.4) is 0 Å². The summed E-state index contributed by atoms with van der Waals surface area (Å²) in [6, 6.07) is 11.5. The van der Waals surface area contributed by atoms with Crippen molar-refractivity contribution in [1.82, 2.24) is 0 Å². The predicted molar refractivity (Wildman–Crippen MR) is 91.7 cm³/mol. The molecule has 2 N–H and O–H groups in total. The molecule has 23 heavy (non-hydrogen) atoms. The van der Waals surface area contributed by atoms with Crippen molar-refractivity contribution in [2.75, 3.05) is 10.6 Å². The third kappa shape index (κ3) is 5.36. The molecule has 124 valence electrons. The zero-order chi connectivity index (χ0) is 16.9. The summed E-state index contributed by atoms with van der Waals surface area (Å²) in [4.78, 5) is 11.7. The Morgan fingerprint density at radius 1 is 1.17 bits per heavy atom. The molecule has 0 saturated carbocycles. The Morgan fingerprint density at radius 2 is 1.83 bits per heavy atom. The molecule has 1 heterocycles. The van der Waals surface area contributed by atoms with E-state index in [4.69, 9.17) is 9.15 Å². The average molecular weight is 316 g/mol. The van der Waals surface area contributed by atoms with E-state index in [1.165, 1.54) is 0 Å². The summed E-state index contributed by atoms with van der Waals surface area (Å²) < 4.78 is 10.7. The number of amides is 1. The lowest BCUT2D eigenvalue weighted by atomic mass is 10.1. The fourth-order valence-electron chi connectivity index (χ4n) is 2.14. The predicted octanol–water partition coefficient (Wildman–Crippen LogP) is 5.19. The van der Waals surface area contributed by atoms with Gasteiger partial charge in [0.2, 0.25) is 0 Å². The maximum absolute atomic E-state index is 11.7. The molecular formula is C18H24N2O3. The summed E-state index contributed by atoms with van der Waals surface area (Å²) in [5, 5.41) is 6.13. The van der Waals surface area contributed by atoms with Crippen LogP contribution in [0, 0.1) is 0 Å². The monoisotopic (exact) mass is 316 g/mol. The molecule has 5 nitrogen and oxygen atoms in total. The van der Waals surface area contributed by atoms with Crippen LogP contribution in [0.2, 0.25) is 0 Å². The number of furan rings is 1. The van der Waals surface area contributed by atoms with E-state index in [0.29, 0.717) is 5.69 Å². The summed E-state index contributed by atoms with van der Waals surface area (Å²) in [6.45, 7) is 7.59. The lowest BCUT2D eigenvalue weighted by Gasteiger charge is -2.20. The Morgan fingerprint density at radius 3 is 2.35 bits per heavy atom. The van der Waals surface area contributed by atoms with Crippen LogP contribution in [0.25, 0.3) is 0 Å². The summed E-state index contributed by atoms with van der Waals surface area (Å²) in [5.41, 5.74) is 1.14. The number of rotatable bonds is 5. The highest BCUT2D eigenvalue weighted by atomic mass is 16.6. The summed E-state index contributed by atoms with van der Waals surface area (Å²) in [6.07, 6.45) is 2.12. The molecule has 0 aliphatic heterocycles. The second-order valence-electron chi connectivity index (χ2n) is 6.32. The van der Waals surface area contributed by atoms with Gasteiger partial charge >= 0.3 is 6.09 Å². The van der Waals surface area contributed by atoms with Gasteiger partial charge in [-0.15, -0.1) is 0 Å². The number of hydrogen-bond acceptors (Lipinski definition) is 4. The number of carbonyl (C=O) groups is 1. The van der Waals surface area contributed by atoms with Gasteiger partial charge in [0.25, 0.3) is 0 Å². The quantitative estimate of drug-likeness (QED) is 0.796. The van der Waals surface area contributed by atoms with Gasteiger partial charge in [-0.2, -0.15) is 0 Å². The zero-order valence-corrected chi connectivity index (χ0v) is 14.1. The summed E-state index contributed by atoms with van der Waals surface area (Å²) in [5.74, 6) is 0.906. The van der Waals surface area contributed by atoms with Crippen molar-refractivity contribution in [2.24, 2.45) is 0 Å². The van der Waals surface area contributed by atoms with Crippen molar-refractivity contribution < 1.29 is 13.9 Å². The molecule has 0 spiro atoms. The Bertz CT molecular complexity index is 613. The van der Waals surface area contributed by atoms with Crippen LogP contribution < -0.4 is 10.6 Å². The van der Waals surface area contributed by atoms with Gasteiger partial charge in [0.15, 0.2) is 0 Å². The Balaban J connectivity index is 1.95. The second-order valence-corrected chi connectivity index (χ2v) is 6.32. The molecule has 2 aromatic rings. The van der Waals surface area contributed by atoms with Crippen LogP contribution in [0.15, 0.2) is 47.1 Å². The van der Waals surface area contributed by atoms with Gasteiger partial charge < -0.3 is 14.5 Å². The molecule has 0 aliphatic carbocycles. The first-order valence-corrected chi connectivity index (χ1v) is 7.77. The molecule has 1 amide bonds. The van der Waals surface area contributed by atoms with Crippen molar-refractivity contribution in [1.29, 1.82) is 0 Å². The molecule has 5 heteroatoms. The molecule has 0 saturated heterocycles. The molecule has 2 rings (SSSR count). The van der Waals surface area contributed by atoms with Crippen LogP contribution in [-0.4, -0.2) is 11.7 Å². The number of carbonyl (C=O) groups excluding carboxylic acids is 1. The van der Waals surface area contributed by atoms with Crippen LogP contribution in [0.1, 0.15) is 45.9 Å². The first-order valence-electron chi connectivity index (χ1n) is 7.77. The van der Waals surface area contributed by atoms with Crippen molar-refractivity contribution in [3.8, 4) is 0 Å². The van der Waals surface area contributed by atoms with E-state index >= 15 is 0 Å². The zero-order valence-electron chi connectivity index (χ0n) is 14.1. The first-order chi connectivity index (χ1) is 10.9. The van der Waals surface area contributed by atoms with Gasteiger partial charge in [0.05, 0.1) is 12.3 Å².